The van der Waals surface area contributed by atoms with Crippen LogP contribution in [-0.4, -0.2) is 55.2 Å². The fraction of sp³-hybridized carbons (Fsp3) is 0.917. The number of halogens is 3. The lowest BCUT2D eigenvalue weighted by Crippen LogP contribution is -2.50. The lowest BCUT2D eigenvalue weighted by molar-refractivity contribution is -0.139. The van der Waals surface area contributed by atoms with Gasteiger partial charge in [0.1, 0.15) is 6.54 Å². The van der Waals surface area contributed by atoms with E-state index in [9.17, 15) is 18.0 Å². The van der Waals surface area contributed by atoms with Crippen molar-refractivity contribution < 1.29 is 18.0 Å². The van der Waals surface area contributed by atoms with Crippen molar-refractivity contribution in [3.05, 3.63) is 0 Å². The van der Waals surface area contributed by atoms with E-state index in [4.69, 9.17) is 0 Å². The standard InChI is InChI=1S/C12H22F3N3O/c1-9(7-18-5-3-4-6-18)17-10(2)11(19)16-8-12(13,14)15/h9-10,17H,3-8H2,1-2H3,(H,16,19). The number of rotatable bonds is 6. The first-order valence-corrected chi connectivity index (χ1v) is 6.61. The van der Waals surface area contributed by atoms with E-state index in [0.717, 1.165) is 19.6 Å². The summed E-state index contributed by atoms with van der Waals surface area (Å²) in [5.41, 5.74) is 0. The molecule has 1 aliphatic heterocycles. The first kappa shape index (κ1) is 16.2. The predicted molar refractivity (Wildman–Crippen MR) is 66.8 cm³/mol. The van der Waals surface area contributed by atoms with Gasteiger partial charge in [-0.1, -0.05) is 0 Å². The number of nitrogens with one attached hydrogen (secondary N) is 2. The third-order valence-electron chi connectivity index (χ3n) is 3.12. The number of carbonyl (C=O) groups excluding carboxylic acids is 1. The molecule has 0 aromatic rings. The van der Waals surface area contributed by atoms with Crippen molar-refractivity contribution in [2.75, 3.05) is 26.2 Å². The minimum atomic E-state index is -4.36. The Labute approximate surface area is 111 Å². The van der Waals surface area contributed by atoms with Gasteiger partial charge in [-0.15, -0.1) is 0 Å². The molecule has 1 fully saturated rings. The smallest absolute Gasteiger partial charge is 0.346 e. The number of nitrogens with zero attached hydrogens (tertiary/aromatic N) is 1. The van der Waals surface area contributed by atoms with Crippen LogP contribution in [0.25, 0.3) is 0 Å². The average molecular weight is 281 g/mol. The van der Waals surface area contributed by atoms with E-state index in [1.54, 1.807) is 6.92 Å². The minimum absolute atomic E-state index is 0.0738. The molecule has 2 unspecified atom stereocenters. The van der Waals surface area contributed by atoms with E-state index in [1.807, 2.05) is 12.2 Å². The molecule has 0 aliphatic carbocycles. The maximum atomic E-state index is 12.0. The summed E-state index contributed by atoms with van der Waals surface area (Å²) in [4.78, 5) is 13.8. The van der Waals surface area contributed by atoms with Gasteiger partial charge in [0.15, 0.2) is 0 Å². The maximum Gasteiger partial charge on any atom is 0.405 e. The molecule has 4 nitrogen and oxygen atoms in total. The topological polar surface area (TPSA) is 44.4 Å². The SMILES string of the molecule is CC(CN1CCCC1)NC(C)C(=O)NCC(F)(F)F. The van der Waals surface area contributed by atoms with Crippen LogP contribution < -0.4 is 10.6 Å². The van der Waals surface area contributed by atoms with E-state index in [-0.39, 0.29) is 6.04 Å². The van der Waals surface area contributed by atoms with Gasteiger partial charge in [0.2, 0.25) is 5.91 Å². The average Bonchev–Trinajstić information content (AvgIpc) is 2.77. The van der Waals surface area contributed by atoms with Crippen molar-refractivity contribution in [1.82, 2.24) is 15.5 Å². The van der Waals surface area contributed by atoms with Crippen molar-refractivity contribution in [3.63, 3.8) is 0 Å². The summed E-state index contributed by atoms with van der Waals surface area (Å²) in [5.74, 6) is -0.620. The summed E-state index contributed by atoms with van der Waals surface area (Å²) in [6.45, 7) is 5.16. The van der Waals surface area contributed by atoms with Crippen LogP contribution in [0.2, 0.25) is 0 Å². The van der Waals surface area contributed by atoms with Crippen molar-refractivity contribution in [2.24, 2.45) is 0 Å². The Hall–Kier alpha value is -0.820. The Balaban J connectivity index is 2.24. The van der Waals surface area contributed by atoms with Crippen molar-refractivity contribution in [3.8, 4) is 0 Å². The van der Waals surface area contributed by atoms with Gasteiger partial charge in [-0.05, 0) is 39.8 Å². The second kappa shape index (κ2) is 7.09. The van der Waals surface area contributed by atoms with Gasteiger partial charge >= 0.3 is 6.18 Å². The normalized spacial score (nSPS) is 20.3. The van der Waals surface area contributed by atoms with Crippen LogP contribution in [-0.2, 0) is 4.79 Å². The highest BCUT2D eigenvalue weighted by Gasteiger charge is 2.29. The van der Waals surface area contributed by atoms with Crippen LogP contribution in [0.1, 0.15) is 26.7 Å². The molecule has 0 bridgehead atoms. The molecule has 0 aromatic heterocycles. The zero-order valence-electron chi connectivity index (χ0n) is 11.4. The van der Waals surface area contributed by atoms with Gasteiger partial charge in [-0.25, -0.2) is 0 Å². The van der Waals surface area contributed by atoms with Crippen LogP contribution in [0.5, 0.6) is 0 Å². The second-order valence-electron chi connectivity index (χ2n) is 5.13. The molecule has 2 atom stereocenters. The summed E-state index contributed by atoms with van der Waals surface area (Å²) in [5, 5.41) is 4.90. The lowest BCUT2D eigenvalue weighted by atomic mass is 10.2. The highest BCUT2D eigenvalue weighted by atomic mass is 19.4. The molecule has 1 saturated heterocycles. The van der Waals surface area contributed by atoms with Gasteiger partial charge in [-0.2, -0.15) is 13.2 Å². The van der Waals surface area contributed by atoms with E-state index in [0.29, 0.717) is 0 Å². The van der Waals surface area contributed by atoms with Crippen LogP contribution in [0.4, 0.5) is 13.2 Å². The van der Waals surface area contributed by atoms with Gasteiger partial charge in [0.25, 0.3) is 0 Å². The highest BCUT2D eigenvalue weighted by Crippen LogP contribution is 2.12. The molecule has 0 aromatic carbocycles. The number of likely N-dealkylation sites (tertiary alicyclic amines) is 1. The zero-order chi connectivity index (χ0) is 14.5. The fourth-order valence-electron chi connectivity index (χ4n) is 2.25. The molecule has 112 valence electrons. The number of hydrogen-bond acceptors (Lipinski definition) is 3. The van der Waals surface area contributed by atoms with E-state index in [1.165, 1.54) is 12.8 Å². The highest BCUT2D eigenvalue weighted by molar-refractivity contribution is 5.81. The van der Waals surface area contributed by atoms with Crippen LogP contribution in [0.15, 0.2) is 0 Å². The number of alkyl halides is 3. The molecular formula is C12H22F3N3O. The lowest BCUT2D eigenvalue weighted by Gasteiger charge is -2.24. The number of hydrogen-bond donors (Lipinski definition) is 2. The number of carbonyl (C=O) groups is 1. The van der Waals surface area contributed by atoms with Gasteiger partial charge in [0, 0.05) is 12.6 Å². The third kappa shape index (κ3) is 6.77. The quantitative estimate of drug-likeness (QED) is 0.767. The second-order valence-corrected chi connectivity index (χ2v) is 5.13. The Morgan fingerprint density at radius 3 is 2.37 bits per heavy atom. The minimum Gasteiger partial charge on any atom is -0.346 e. The monoisotopic (exact) mass is 281 g/mol. The molecular weight excluding hydrogens is 259 g/mol. The molecule has 19 heavy (non-hydrogen) atoms. The molecule has 0 radical (unpaired) electrons. The molecule has 2 N–H and O–H groups in total. The fourth-order valence-corrected chi connectivity index (χ4v) is 2.25. The maximum absolute atomic E-state index is 12.0. The Bertz CT molecular complexity index is 290. The molecule has 0 saturated carbocycles. The third-order valence-corrected chi connectivity index (χ3v) is 3.12. The Kier molecular flexibility index (Phi) is 6.06. The van der Waals surface area contributed by atoms with Crippen molar-refractivity contribution >= 4 is 5.91 Å². The summed E-state index contributed by atoms with van der Waals surface area (Å²) >= 11 is 0. The number of amides is 1. The molecule has 1 rings (SSSR count). The summed E-state index contributed by atoms with van der Waals surface area (Å²) < 4.78 is 35.9. The molecule has 1 aliphatic rings. The predicted octanol–water partition coefficient (Wildman–Crippen LogP) is 1.13. The van der Waals surface area contributed by atoms with Crippen molar-refractivity contribution in [1.29, 1.82) is 0 Å². The van der Waals surface area contributed by atoms with Crippen LogP contribution >= 0.6 is 0 Å². The van der Waals surface area contributed by atoms with Crippen LogP contribution in [0, 0.1) is 0 Å². The van der Waals surface area contributed by atoms with Gasteiger partial charge in [-0.3, -0.25) is 4.79 Å². The molecule has 7 heteroatoms. The zero-order valence-corrected chi connectivity index (χ0v) is 11.4. The van der Waals surface area contributed by atoms with Crippen molar-refractivity contribution in [2.45, 2.75) is 44.9 Å². The first-order chi connectivity index (χ1) is 8.78. The molecule has 1 heterocycles. The molecule has 1 amide bonds. The van der Waals surface area contributed by atoms with E-state index in [2.05, 4.69) is 10.2 Å². The Morgan fingerprint density at radius 1 is 1.26 bits per heavy atom. The van der Waals surface area contributed by atoms with E-state index >= 15 is 0 Å². The summed E-state index contributed by atoms with van der Waals surface area (Å²) in [6.07, 6.45) is -1.99. The molecule has 0 spiro atoms. The summed E-state index contributed by atoms with van der Waals surface area (Å²) in [6, 6.07) is -0.551. The van der Waals surface area contributed by atoms with Gasteiger partial charge in [0.05, 0.1) is 6.04 Å². The largest absolute Gasteiger partial charge is 0.405 e. The Morgan fingerprint density at radius 2 is 1.84 bits per heavy atom. The van der Waals surface area contributed by atoms with E-state index < -0.39 is 24.7 Å². The summed E-state index contributed by atoms with van der Waals surface area (Å²) in [7, 11) is 0. The first-order valence-electron chi connectivity index (χ1n) is 6.61. The van der Waals surface area contributed by atoms with Gasteiger partial charge < -0.3 is 15.5 Å². The van der Waals surface area contributed by atoms with Crippen LogP contribution in [0.3, 0.4) is 0 Å².